The second kappa shape index (κ2) is 5.35. The van der Waals surface area contributed by atoms with E-state index in [4.69, 9.17) is 0 Å². The highest BCUT2D eigenvalue weighted by atomic mass is 79.9. The van der Waals surface area contributed by atoms with Gasteiger partial charge in [-0.3, -0.25) is 4.90 Å². The molecule has 0 radical (unpaired) electrons. The SMILES string of the molecule is CC(C)CC(C)N1CCCC(Br)C1. The predicted molar refractivity (Wildman–Crippen MR) is 62.4 cm³/mol. The van der Waals surface area contributed by atoms with Crippen LogP contribution in [-0.2, 0) is 0 Å². The summed E-state index contributed by atoms with van der Waals surface area (Å²) >= 11 is 3.72. The maximum atomic E-state index is 3.72. The van der Waals surface area contributed by atoms with Crippen LogP contribution >= 0.6 is 15.9 Å². The number of rotatable bonds is 3. The van der Waals surface area contributed by atoms with Crippen LogP contribution < -0.4 is 0 Å². The minimum absolute atomic E-state index is 0.732. The van der Waals surface area contributed by atoms with E-state index in [2.05, 4.69) is 41.6 Å². The summed E-state index contributed by atoms with van der Waals surface area (Å²) in [5.41, 5.74) is 0. The van der Waals surface area contributed by atoms with Crippen molar-refractivity contribution in [2.75, 3.05) is 13.1 Å². The van der Waals surface area contributed by atoms with Crippen LogP contribution in [0.25, 0.3) is 0 Å². The summed E-state index contributed by atoms with van der Waals surface area (Å²) in [4.78, 5) is 3.36. The maximum Gasteiger partial charge on any atom is 0.0273 e. The highest BCUT2D eigenvalue weighted by molar-refractivity contribution is 9.09. The molecule has 2 unspecified atom stereocenters. The molecular formula is C11H22BrN. The van der Waals surface area contributed by atoms with Gasteiger partial charge < -0.3 is 0 Å². The molecule has 0 saturated carbocycles. The van der Waals surface area contributed by atoms with Crippen LogP contribution in [0.2, 0.25) is 0 Å². The van der Waals surface area contributed by atoms with Crippen LogP contribution in [0, 0.1) is 5.92 Å². The Morgan fingerprint density at radius 1 is 1.38 bits per heavy atom. The van der Waals surface area contributed by atoms with E-state index in [1.54, 1.807) is 0 Å². The average Bonchev–Trinajstić information content (AvgIpc) is 2.03. The molecule has 1 aliphatic rings. The van der Waals surface area contributed by atoms with E-state index in [-0.39, 0.29) is 0 Å². The number of piperidine rings is 1. The lowest BCUT2D eigenvalue weighted by Crippen LogP contribution is -2.42. The second-order valence-electron chi connectivity index (χ2n) is 4.71. The molecule has 0 N–H and O–H groups in total. The molecule has 0 aromatic rings. The fraction of sp³-hybridized carbons (Fsp3) is 1.00. The standard InChI is InChI=1S/C11H22BrN/c1-9(2)7-10(3)13-6-4-5-11(12)8-13/h9-11H,4-8H2,1-3H3. The molecule has 1 rings (SSSR count). The van der Waals surface area contributed by atoms with Gasteiger partial charge in [0.15, 0.2) is 0 Å². The quantitative estimate of drug-likeness (QED) is 0.693. The third-order valence-electron chi connectivity index (χ3n) is 2.83. The van der Waals surface area contributed by atoms with Crippen molar-refractivity contribution in [3.8, 4) is 0 Å². The van der Waals surface area contributed by atoms with E-state index in [1.165, 1.54) is 32.4 Å². The van der Waals surface area contributed by atoms with E-state index in [0.29, 0.717) is 0 Å². The Hall–Kier alpha value is 0.440. The number of nitrogens with zero attached hydrogens (tertiary/aromatic N) is 1. The zero-order valence-corrected chi connectivity index (χ0v) is 10.7. The molecule has 1 heterocycles. The normalized spacial score (nSPS) is 27.9. The van der Waals surface area contributed by atoms with Crippen LogP contribution in [-0.4, -0.2) is 28.9 Å². The summed E-state index contributed by atoms with van der Waals surface area (Å²) < 4.78 is 0. The minimum atomic E-state index is 0.732. The lowest BCUT2D eigenvalue weighted by molar-refractivity contribution is 0.161. The first-order valence-corrected chi connectivity index (χ1v) is 6.39. The van der Waals surface area contributed by atoms with E-state index >= 15 is 0 Å². The Kier molecular flexibility index (Phi) is 4.74. The molecule has 13 heavy (non-hydrogen) atoms. The predicted octanol–water partition coefficient (Wildman–Crippen LogP) is 3.28. The number of alkyl halides is 1. The third kappa shape index (κ3) is 3.99. The van der Waals surface area contributed by atoms with Gasteiger partial charge in [-0.1, -0.05) is 29.8 Å². The Balaban J connectivity index is 2.32. The van der Waals surface area contributed by atoms with Gasteiger partial charge in [0.05, 0.1) is 0 Å². The van der Waals surface area contributed by atoms with Crippen molar-refractivity contribution >= 4 is 15.9 Å². The maximum absolute atomic E-state index is 3.72. The molecule has 0 aliphatic carbocycles. The van der Waals surface area contributed by atoms with Crippen molar-refractivity contribution in [3.63, 3.8) is 0 Å². The van der Waals surface area contributed by atoms with Gasteiger partial charge in [-0.2, -0.15) is 0 Å². The Morgan fingerprint density at radius 3 is 2.62 bits per heavy atom. The summed E-state index contributed by atoms with van der Waals surface area (Å²) in [5.74, 6) is 0.825. The number of likely N-dealkylation sites (tertiary alicyclic amines) is 1. The van der Waals surface area contributed by atoms with Crippen molar-refractivity contribution < 1.29 is 0 Å². The zero-order chi connectivity index (χ0) is 9.84. The molecule has 0 amide bonds. The number of hydrogen-bond acceptors (Lipinski definition) is 1. The number of halogens is 1. The monoisotopic (exact) mass is 247 g/mol. The van der Waals surface area contributed by atoms with Crippen LogP contribution in [0.3, 0.4) is 0 Å². The fourth-order valence-corrected chi connectivity index (χ4v) is 2.88. The molecular weight excluding hydrogens is 226 g/mol. The topological polar surface area (TPSA) is 3.24 Å². The van der Waals surface area contributed by atoms with Gasteiger partial charge in [-0.25, -0.2) is 0 Å². The molecule has 0 bridgehead atoms. The fourth-order valence-electron chi connectivity index (χ4n) is 2.18. The van der Waals surface area contributed by atoms with Crippen molar-refractivity contribution in [2.45, 2.75) is 50.9 Å². The first-order chi connectivity index (χ1) is 6.09. The average molecular weight is 248 g/mol. The number of hydrogen-bond donors (Lipinski definition) is 0. The summed E-state index contributed by atoms with van der Waals surface area (Å²) in [5, 5.41) is 0. The summed E-state index contributed by atoms with van der Waals surface area (Å²) in [7, 11) is 0. The Morgan fingerprint density at radius 2 is 2.08 bits per heavy atom. The van der Waals surface area contributed by atoms with Gasteiger partial charge in [0.25, 0.3) is 0 Å². The minimum Gasteiger partial charge on any atom is -0.300 e. The third-order valence-corrected chi connectivity index (χ3v) is 3.58. The van der Waals surface area contributed by atoms with Gasteiger partial charge in [0, 0.05) is 17.4 Å². The second-order valence-corrected chi connectivity index (χ2v) is 6.01. The summed E-state index contributed by atoms with van der Waals surface area (Å²) in [6, 6.07) is 0.764. The molecule has 0 aromatic heterocycles. The smallest absolute Gasteiger partial charge is 0.0273 e. The van der Waals surface area contributed by atoms with Gasteiger partial charge in [-0.15, -0.1) is 0 Å². The summed E-state index contributed by atoms with van der Waals surface area (Å²) in [6.45, 7) is 9.53. The lowest BCUT2D eigenvalue weighted by atomic mass is 10.0. The molecule has 0 aromatic carbocycles. The van der Waals surface area contributed by atoms with Crippen molar-refractivity contribution in [1.82, 2.24) is 4.90 Å². The van der Waals surface area contributed by atoms with Crippen LogP contribution in [0.15, 0.2) is 0 Å². The molecule has 1 aliphatic heterocycles. The van der Waals surface area contributed by atoms with Crippen LogP contribution in [0.4, 0.5) is 0 Å². The summed E-state index contributed by atoms with van der Waals surface area (Å²) in [6.07, 6.45) is 4.04. The molecule has 1 fully saturated rings. The van der Waals surface area contributed by atoms with E-state index in [0.717, 1.165) is 16.8 Å². The largest absolute Gasteiger partial charge is 0.300 e. The van der Waals surface area contributed by atoms with E-state index in [1.807, 2.05) is 0 Å². The zero-order valence-electron chi connectivity index (χ0n) is 9.09. The van der Waals surface area contributed by atoms with Gasteiger partial charge >= 0.3 is 0 Å². The highest BCUT2D eigenvalue weighted by Crippen LogP contribution is 2.21. The molecule has 2 heteroatoms. The van der Waals surface area contributed by atoms with Gasteiger partial charge in [0.1, 0.15) is 0 Å². The van der Waals surface area contributed by atoms with Crippen molar-refractivity contribution in [3.05, 3.63) is 0 Å². The van der Waals surface area contributed by atoms with Gasteiger partial charge in [-0.05, 0) is 38.6 Å². The molecule has 0 spiro atoms. The molecule has 1 nitrogen and oxygen atoms in total. The van der Waals surface area contributed by atoms with Crippen molar-refractivity contribution in [1.29, 1.82) is 0 Å². The van der Waals surface area contributed by atoms with Crippen molar-refractivity contribution in [2.24, 2.45) is 5.92 Å². The first kappa shape index (κ1) is 11.5. The first-order valence-electron chi connectivity index (χ1n) is 5.47. The Bertz CT molecular complexity index is 147. The molecule has 78 valence electrons. The Labute approximate surface area is 91.0 Å². The molecule has 1 saturated heterocycles. The lowest BCUT2D eigenvalue weighted by Gasteiger charge is -2.35. The van der Waals surface area contributed by atoms with Crippen LogP contribution in [0.5, 0.6) is 0 Å². The molecule has 2 atom stereocenters. The van der Waals surface area contributed by atoms with E-state index < -0.39 is 0 Å². The van der Waals surface area contributed by atoms with Gasteiger partial charge in [0.2, 0.25) is 0 Å². The highest BCUT2D eigenvalue weighted by Gasteiger charge is 2.21. The van der Waals surface area contributed by atoms with E-state index in [9.17, 15) is 0 Å². The van der Waals surface area contributed by atoms with Crippen LogP contribution in [0.1, 0.15) is 40.0 Å².